The molecule has 5 nitrogen and oxygen atoms in total. The summed E-state index contributed by atoms with van der Waals surface area (Å²) in [7, 11) is 0. The average molecular weight is 434 g/mol. The van der Waals surface area contributed by atoms with Crippen molar-refractivity contribution >= 4 is 29.2 Å². The van der Waals surface area contributed by atoms with E-state index in [4.69, 9.17) is 26.2 Å². The molecule has 0 aliphatic rings. The number of rotatable bonds is 8. The van der Waals surface area contributed by atoms with Crippen molar-refractivity contribution in [1.29, 1.82) is 5.26 Å². The van der Waals surface area contributed by atoms with Gasteiger partial charge in [0.25, 0.3) is 0 Å². The van der Waals surface area contributed by atoms with Gasteiger partial charge in [-0.15, -0.1) is 0 Å². The van der Waals surface area contributed by atoms with E-state index in [0.29, 0.717) is 28.7 Å². The van der Waals surface area contributed by atoms with Gasteiger partial charge in [0.2, 0.25) is 0 Å². The highest BCUT2D eigenvalue weighted by Gasteiger charge is 2.09. The van der Waals surface area contributed by atoms with Crippen LogP contribution in [0.1, 0.15) is 34.0 Å². The smallest absolute Gasteiger partial charge is 0.335 e. The summed E-state index contributed by atoms with van der Waals surface area (Å²) in [6.07, 6.45) is 1.78. The number of nitrogens with zero attached hydrogens (tertiary/aromatic N) is 1. The third-order valence-corrected chi connectivity index (χ3v) is 4.70. The maximum absolute atomic E-state index is 11.0. The van der Waals surface area contributed by atoms with E-state index in [-0.39, 0.29) is 12.2 Å². The Balaban J connectivity index is 1.80. The van der Waals surface area contributed by atoms with Crippen molar-refractivity contribution in [1.82, 2.24) is 0 Å². The molecule has 0 atom stereocenters. The zero-order chi connectivity index (χ0) is 22.2. The molecule has 0 saturated heterocycles. The van der Waals surface area contributed by atoms with Crippen LogP contribution in [0.2, 0.25) is 5.02 Å². The molecule has 3 rings (SSSR count). The van der Waals surface area contributed by atoms with E-state index >= 15 is 0 Å². The molecule has 3 aromatic rings. The van der Waals surface area contributed by atoms with Gasteiger partial charge >= 0.3 is 5.97 Å². The summed E-state index contributed by atoms with van der Waals surface area (Å²) in [6.45, 7) is 2.61. The average Bonchev–Trinajstić information content (AvgIpc) is 2.78. The van der Waals surface area contributed by atoms with E-state index in [0.717, 1.165) is 16.7 Å². The maximum atomic E-state index is 11.0. The number of ether oxygens (including phenoxy) is 2. The second-order valence-electron chi connectivity index (χ2n) is 6.61. The predicted octanol–water partition coefficient (Wildman–Crippen LogP) is 6.08. The number of hydrogen-bond donors (Lipinski definition) is 1. The molecule has 0 aliphatic heterocycles. The standard InChI is InChI=1S/C25H20ClNO4/c1-2-30-24-14-18(13-21(15-27)19-8-10-22(26)11-9-19)5-12-23(24)31-16-17-3-6-20(7-4-17)25(28)29/h3-14H,2,16H2,1H3,(H,28,29). The molecule has 0 bridgehead atoms. The molecule has 1 N–H and O–H groups in total. The largest absolute Gasteiger partial charge is 0.490 e. The van der Waals surface area contributed by atoms with Crippen molar-refractivity contribution in [2.24, 2.45) is 0 Å². The zero-order valence-electron chi connectivity index (χ0n) is 16.8. The fraction of sp³-hybridized carbons (Fsp3) is 0.120. The predicted molar refractivity (Wildman–Crippen MR) is 120 cm³/mol. The molecule has 6 heteroatoms. The third kappa shape index (κ3) is 5.88. The molecule has 0 amide bonds. The quantitative estimate of drug-likeness (QED) is 0.344. The number of allylic oxidation sites excluding steroid dienone is 1. The monoisotopic (exact) mass is 433 g/mol. The van der Waals surface area contributed by atoms with Crippen molar-refractivity contribution in [3.63, 3.8) is 0 Å². The second-order valence-corrected chi connectivity index (χ2v) is 7.04. The summed E-state index contributed by atoms with van der Waals surface area (Å²) in [4.78, 5) is 11.0. The van der Waals surface area contributed by atoms with Crippen LogP contribution in [-0.4, -0.2) is 17.7 Å². The molecular weight excluding hydrogens is 414 g/mol. The van der Waals surface area contributed by atoms with Crippen LogP contribution in [0, 0.1) is 11.3 Å². The Morgan fingerprint density at radius 2 is 1.68 bits per heavy atom. The minimum atomic E-state index is -0.968. The number of nitriles is 1. The Morgan fingerprint density at radius 3 is 2.29 bits per heavy atom. The fourth-order valence-electron chi connectivity index (χ4n) is 2.88. The summed E-state index contributed by atoms with van der Waals surface area (Å²) in [5, 5.41) is 19.2. The van der Waals surface area contributed by atoms with Crippen molar-refractivity contribution in [3.05, 3.63) is 94.0 Å². The first-order chi connectivity index (χ1) is 15.0. The summed E-state index contributed by atoms with van der Waals surface area (Å²) in [6, 6.07) is 21.3. The van der Waals surface area contributed by atoms with Crippen LogP contribution in [0.4, 0.5) is 0 Å². The lowest BCUT2D eigenvalue weighted by molar-refractivity contribution is 0.0697. The van der Waals surface area contributed by atoms with Crippen LogP contribution in [0.15, 0.2) is 66.7 Å². The summed E-state index contributed by atoms with van der Waals surface area (Å²) >= 11 is 5.93. The summed E-state index contributed by atoms with van der Waals surface area (Å²) in [5.74, 6) is 0.156. The van der Waals surface area contributed by atoms with Gasteiger partial charge in [0.15, 0.2) is 11.5 Å². The third-order valence-electron chi connectivity index (χ3n) is 4.45. The minimum absolute atomic E-state index is 0.226. The molecule has 3 aromatic carbocycles. The van der Waals surface area contributed by atoms with Crippen molar-refractivity contribution in [2.75, 3.05) is 6.61 Å². The van der Waals surface area contributed by atoms with Crippen molar-refractivity contribution in [2.45, 2.75) is 13.5 Å². The van der Waals surface area contributed by atoms with Crippen LogP contribution in [0.5, 0.6) is 11.5 Å². The second kappa shape index (κ2) is 10.3. The van der Waals surface area contributed by atoms with Crippen molar-refractivity contribution in [3.8, 4) is 17.6 Å². The van der Waals surface area contributed by atoms with E-state index in [9.17, 15) is 10.1 Å². The number of hydrogen-bond acceptors (Lipinski definition) is 4. The summed E-state index contributed by atoms with van der Waals surface area (Å²) in [5.41, 5.74) is 3.14. The van der Waals surface area contributed by atoms with Crippen LogP contribution in [-0.2, 0) is 6.61 Å². The van der Waals surface area contributed by atoms with E-state index in [1.165, 1.54) is 0 Å². The normalized spacial score (nSPS) is 10.9. The van der Waals surface area contributed by atoms with Gasteiger partial charge in [0, 0.05) is 5.02 Å². The highest BCUT2D eigenvalue weighted by Crippen LogP contribution is 2.31. The Hall–Kier alpha value is -3.75. The number of halogens is 1. The Labute approximate surface area is 185 Å². The zero-order valence-corrected chi connectivity index (χ0v) is 17.6. The highest BCUT2D eigenvalue weighted by molar-refractivity contribution is 6.30. The number of carboxylic acid groups (broad SMARTS) is 1. The lowest BCUT2D eigenvalue weighted by atomic mass is 10.0. The van der Waals surface area contributed by atoms with Crippen LogP contribution >= 0.6 is 11.6 Å². The molecule has 0 heterocycles. The van der Waals surface area contributed by atoms with E-state index < -0.39 is 5.97 Å². The Bertz CT molecular complexity index is 1130. The number of benzene rings is 3. The fourth-order valence-corrected chi connectivity index (χ4v) is 3.01. The van der Waals surface area contributed by atoms with Gasteiger partial charge in [-0.2, -0.15) is 5.26 Å². The number of aromatic carboxylic acids is 1. The van der Waals surface area contributed by atoms with E-state index in [1.54, 1.807) is 60.7 Å². The lowest BCUT2D eigenvalue weighted by Gasteiger charge is -2.13. The Morgan fingerprint density at radius 1 is 1.00 bits per heavy atom. The van der Waals surface area contributed by atoms with Gasteiger partial charge in [-0.25, -0.2) is 4.79 Å². The van der Waals surface area contributed by atoms with Crippen LogP contribution in [0.25, 0.3) is 11.6 Å². The minimum Gasteiger partial charge on any atom is -0.490 e. The van der Waals surface area contributed by atoms with Gasteiger partial charge in [0.1, 0.15) is 6.61 Å². The molecule has 156 valence electrons. The molecule has 0 saturated carbocycles. The highest BCUT2D eigenvalue weighted by atomic mass is 35.5. The van der Waals surface area contributed by atoms with Crippen molar-refractivity contribution < 1.29 is 19.4 Å². The molecule has 0 fully saturated rings. The lowest BCUT2D eigenvalue weighted by Crippen LogP contribution is -2.01. The van der Waals surface area contributed by atoms with Gasteiger partial charge in [-0.1, -0.05) is 41.9 Å². The summed E-state index contributed by atoms with van der Waals surface area (Å²) < 4.78 is 11.6. The molecule has 0 unspecified atom stereocenters. The molecule has 0 aromatic heterocycles. The first kappa shape index (κ1) is 21.9. The van der Waals surface area contributed by atoms with Gasteiger partial charge in [-0.3, -0.25) is 0 Å². The Kier molecular flexibility index (Phi) is 7.31. The number of carboxylic acids is 1. The topological polar surface area (TPSA) is 79.5 Å². The van der Waals surface area contributed by atoms with E-state index in [2.05, 4.69) is 6.07 Å². The number of carbonyl (C=O) groups is 1. The first-order valence-electron chi connectivity index (χ1n) is 9.59. The van der Waals surface area contributed by atoms with Gasteiger partial charge < -0.3 is 14.6 Å². The van der Waals surface area contributed by atoms with Gasteiger partial charge in [0.05, 0.1) is 23.8 Å². The van der Waals surface area contributed by atoms with Crippen LogP contribution < -0.4 is 9.47 Å². The van der Waals surface area contributed by atoms with Crippen LogP contribution in [0.3, 0.4) is 0 Å². The first-order valence-corrected chi connectivity index (χ1v) is 9.97. The molecule has 0 radical (unpaired) electrons. The van der Waals surface area contributed by atoms with Gasteiger partial charge in [-0.05, 0) is 66.1 Å². The van der Waals surface area contributed by atoms with E-state index in [1.807, 2.05) is 19.1 Å². The SMILES string of the molecule is CCOc1cc(C=C(C#N)c2ccc(Cl)cc2)ccc1OCc1ccc(C(=O)O)cc1. The molecular formula is C25H20ClNO4. The molecule has 31 heavy (non-hydrogen) atoms. The molecule has 0 spiro atoms. The maximum Gasteiger partial charge on any atom is 0.335 e. The molecule has 0 aliphatic carbocycles.